The summed E-state index contributed by atoms with van der Waals surface area (Å²) in [6.07, 6.45) is 5.24. The minimum absolute atomic E-state index is 0.0103. The molecule has 108 valence electrons. The van der Waals surface area contributed by atoms with Crippen molar-refractivity contribution < 1.29 is 19.4 Å². The van der Waals surface area contributed by atoms with Crippen molar-refractivity contribution in [3.8, 4) is 0 Å². The Morgan fingerprint density at radius 2 is 2.11 bits per heavy atom. The third-order valence-corrected chi connectivity index (χ3v) is 3.89. The summed E-state index contributed by atoms with van der Waals surface area (Å²) in [5.74, 6) is -1.07. The van der Waals surface area contributed by atoms with Crippen LogP contribution in [0.1, 0.15) is 38.5 Å². The molecule has 1 aliphatic carbocycles. The van der Waals surface area contributed by atoms with E-state index in [9.17, 15) is 9.59 Å². The van der Waals surface area contributed by atoms with E-state index in [4.69, 9.17) is 9.84 Å². The zero-order chi connectivity index (χ0) is 13.7. The van der Waals surface area contributed by atoms with Crippen molar-refractivity contribution >= 4 is 12.0 Å². The van der Waals surface area contributed by atoms with Gasteiger partial charge in [0.1, 0.15) is 0 Å². The predicted octanol–water partition coefficient (Wildman–Crippen LogP) is 1.11. The van der Waals surface area contributed by atoms with Gasteiger partial charge >= 0.3 is 12.0 Å². The lowest BCUT2D eigenvalue weighted by molar-refractivity contribution is -0.141. The van der Waals surface area contributed by atoms with Crippen LogP contribution in [-0.4, -0.2) is 42.4 Å². The van der Waals surface area contributed by atoms with E-state index < -0.39 is 5.97 Å². The van der Waals surface area contributed by atoms with Gasteiger partial charge < -0.3 is 20.5 Å². The van der Waals surface area contributed by atoms with Crippen molar-refractivity contribution in [1.82, 2.24) is 10.6 Å². The van der Waals surface area contributed by atoms with E-state index in [0.717, 1.165) is 32.3 Å². The first kappa shape index (κ1) is 14.1. The molecule has 2 fully saturated rings. The van der Waals surface area contributed by atoms with E-state index in [1.807, 2.05) is 0 Å². The van der Waals surface area contributed by atoms with Gasteiger partial charge in [0.05, 0.1) is 12.0 Å². The fourth-order valence-electron chi connectivity index (χ4n) is 2.79. The maximum atomic E-state index is 11.6. The van der Waals surface area contributed by atoms with Crippen LogP contribution in [-0.2, 0) is 9.53 Å². The smallest absolute Gasteiger partial charge is 0.315 e. The van der Waals surface area contributed by atoms with Crippen LogP contribution in [0.15, 0.2) is 0 Å². The summed E-state index contributed by atoms with van der Waals surface area (Å²) in [5.41, 5.74) is 0. The second kappa shape index (κ2) is 6.75. The number of rotatable bonds is 5. The lowest BCUT2D eigenvalue weighted by atomic mass is 10.1. The van der Waals surface area contributed by atoms with Gasteiger partial charge in [-0.25, -0.2) is 4.79 Å². The summed E-state index contributed by atoms with van der Waals surface area (Å²) < 4.78 is 5.47. The number of amides is 2. The fraction of sp³-hybridized carbons (Fsp3) is 0.846. The Morgan fingerprint density at radius 3 is 2.74 bits per heavy atom. The summed E-state index contributed by atoms with van der Waals surface area (Å²) in [6, 6.07) is -0.210. The molecule has 2 aliphatic rings. The molecule has 0 spiro atoms. The van der Waals surface area contributed by atoms with Crippen LogP contribution in [0.5, 0.6) is 0 Å². The zero-order valence-electron chi connectivity index (χ0n) is 11.1. The molecule has 0 aromatic carbocycles. The van der Waals surface area contributed by atoms with Gasteiger partial charge in [-0.1, -0.05) is 0 Å². The molecule has 1 aliphatic heterocycles. The van der Waals surface area contributed by atoms with Gasteiger partial charge in [-0.05, 0) is 38.5 Å². The Kier molecular flexibility index (Phi) is 5.01. The van der Waals surface area contributed by atoms with Crippen LogP contribution in [0, 0.1) is 5.92 Å². The van der Waals surface area contributed by atoms with E-state index >= 15 is 0 Å². The fourth-order valence-corrected chi connectivity index (χ4v) is 2.79. The Bertz CT molecular complexity index is 329. The molecule has 2 rings (SSSR count). The molecule has 6 heteroatoms. The lowest BCUT2D eigenvalue weighted by Crippen LogP contribution is -2.42. The molecule has 0 aromatic heterocycles. The van der Waals surface area contributed by atoms with Crippen molar-refractivity contribution in [2.24, 2.45) is 5.92 Å². The first-order chi connectivity index (χ1) is 9.15. The van der Waals surface area contributed by atoms with Crippen LogP contribution < -0.4 is 10.6 Å². The van der Waals surface area contributed by atoms with Crippen LogP contribution >= 0.6 is 0 Å². The Hall–Kier alpha value is -1.30. The standard InChI is InChI=1S/C13H22N2O4/c16-12(17)9-3-4-10(8-9)15-13(18)14-6-5-11-2-1-7-19-11/h9-11H,1-8H2,(H,16,17)(H2,14,15,18). The topological polar surface area (TPSA) is 87.7 Å². The van der Waals surface area contributed by atoms with Crippen molar-refractivity contribution in [1.29, 1.82) is 0 Å². The van der Waals surface area contributed by atoms with E-state index in [0.29, 0.717) is 19.4 Å². The first-order valence-corrected chi connectivity index (χ1v) is 7.04. The molecule has 19 heavy (non-hydrogen) atoms. The molecule has 1 saturated heterocycles. The molecule has 1 saturated carbocycles. The number of aliphatic carboxylic acids is 1. The number of urea groups is 1. The average Bonchev–Trinajstić information content (AvgIpc) is 3.00. The van der Waals surface area contributed by atoms with Crippen LogP contribution in [0.4, 0.5) is 4.79 Å². The first-order valence-electron chi connectivity index (χ1n) is 7.04. The van der Waals surface area contributed by atoms with Crippen LogP contribution in [0.2, 0.25) is 0 Å². The summed E-state index contributed by atoms with van der Waals surface area (Å²) in [4.78, 5) is 22.4. The van der Waals surface area contributed by atoms with Gasteiger partial charge in [0.25, 0.3) is 0 Å². The minimum atomic E-state index is -0.761. The summed E-state index contributed by atoms with van der Waals surface area (Å²) in [6.45, 7) is 1.43. The van der Waals surface area contributed by atoms with Crippen molar-refractivity contribution in [2.75, 3.05) is 13.2 Å². The maximum Gasteiger partial charge on any atom is 0.315 e. The molecule has 1 heterocycles. The predicted molar refractivity (Wildman–Crippen MR) is 68.9 cm³/mol. The minimum Gasteiger partial charge on any atom is -0.481 e. The highest BCUT2D eigenvalue weighted by Crippen LogP contribution is 2.25. The highest BCUT2D eigenvalue weighted by atomic mass is 16.5. The molecular weight excluding hydrogens is 248 g/mol. The van der Waals surface area contributed by atoms with E-state index in [-0.39, 0.29) is 24.1 Å². The quantitative estimate of drug-likeness (QED) is 0.698. The molecule has 3 atom stereocenters. The molecule has 2 amide bonds. The van der Waals surface area contributed by atoms with E-state index in [1.54, 1.807) is 0 Å². The summed E-state index contributed by atoms with van der Waals surface area (Å²) in [5, 5.41) is 14.5. The highest BCUT2D eigenvalue weighted by Gasteiger charge is 2.30. The molecular formula is C13H22N2O4. The number of carbonyl (C=O) groups excluding carboxylic acids is 1. The third-order valence-electron chi connectivity index (χ3n) is 3.89. The summed E-state index contributed by atoms with van der Waals surface area (Å²) >= 11 is 0. The van der Waals surface area contributed by atoms with Gasteiger partial charge in [-0.2, -0.15) is 0 Å². The number of hydrogen-bond acceptors (Lipinski definition) is 3. The van der Waals surface area contributed by atoms with Crippen molar-refractivity contribution in [3.05, 3.63) is 0 Å². The molecule has 0 radical (unpaired) electrons. The van der Waals surface area contributed by atoms with E-state index in [2.05, 4.69) is 10.6 Å². The Morgan fingerprint density at radius 1 is 1.26 bits per heavy atom. The average molecular weight is 270 g/mol. The number of ether oxygens (including phenoxy) is 1. The van der Waals surface area contributed by atoms with Gasteiger partial charge in [0.2, 0.25) is 0 Å². The highest BCUT2D eigenvalue weighted by molar-refractivity contribution is 5.75. The van der Waals surface area contributed by atoms with E-state index in [1.165, 1.54) is 0 Å². The number of nitrogens with one attached hydrogen (secondary N) is 2. The number of carboxylic acids is 1. The molecule has 3 unspecified atom stereocenters. The molecule has 3 N–H and O–H groups in total. The Balaban J connectivity index is 1.58. The second-order valence-electron chi connectivity index (χ2n) is 5.37. The normalized spacial score (nSPS) is 30.2. The van der Waals surface area contributed by atoms with Crippen LogP contribution in [0.25, 0.3) is 0 Å². The van der Waals surface area contributed by atoms with Gasteiger partial charge in [-0.15, -0.1) is 0 Å². The van der Waals surface area contributed by atoms with Gasteiger partial charge in [0.15, 0.2) is 0 Å². The van der Waals surface area contributed by atoms with Gasteiger partial charge in [-0.3, -0.25) is 4.79 Å². The monoisotopic (exact) mass is 270 g/mol. The van der Waals surface area contributed by atoms with Crippen molar-refractivity contribution in [3.63, 3.8) is 0 Å². The zero-order valence-corrected chi connectivity index (χ0v) is 11.1. The van der Waals surface area contributed by atoms with Crippen molar-refractivity contribution in [2.45, 2.75) is 50.7 Å². The molecule has 6 nitrogen and oxygen atoms in total. The Labute approximate surface area is 112 Å². The summed E-state index contributed by atoms with van der Waals surface area (Å²) in [7, 11) is 0. The SMILES string of the molecule is O=C(NCCC1CCCO1)NC1CCC(C(=O)O)C1. The number of carbonyl (C=O) groups is 2. The molecule has 0 bridgehead atoms. The number of carboxylic acid groups (broad SMARTS) is 1. The largest absolute Gasteiger partial charge is 0.481 e. The molecule has 0 aromatic rings. The third kappa shape index (κ3) is 4.38. The number of hydrogen-bond donors (Lipinski definition) is 3. The lowest BCUT2D eigenvalue weighted by Gasteiger charge is -2.14. The second-order valence-corrected chi connectivity index (χ2v) is 5.37. The van der Waals surface area contributed by atoms with Gasteiger partial charge in [0, 0.05) is 19.2 Å². The van der Waals surface area contributed by atoms with Crippen LogP contribution in [0.3, 0.4) is 0 Å². The maximum absolute atomic E-state index is 11.6.